The Morgan fingerprint density at radius 2 is 2.29 bits per heavy atom. The zero-order valence-electron chi connectivity index (χ0n) is 12.5. The van der Waals surface area contributed by atoms with Gasteiger partial charge in [-0.3, -0.25) is 9.48 Å². The second-order valence-corrected chi connectivity index (χ2v) is 6.55. The van der Waals surface area contributed by atoms with E-state index in [-0.39, 0.29) is 5.91 Å². The third-order valence-corrected chi connectivity index (χ3v) is 4.78. The van der Waals surface area contributed by atoms with Gasteiger partial charge in [-0.15, -0.1) is 11.3 Å². The van der Waals surface area contributed by atoms with Gasteiger partial charge in [-0.05, 0) is 38.7 Å². The Hall–Kier alpha value is -1.69. The molecule has 5 nitrogen and oxygen atoms in total. The number of anilines is 1. The van der Waals surface area contributed by atoms with E-state index in [2.05, 4.69) is 10.1 Å². The van der Waals surface area contributed by atoms with Crippen LogP contribution in [0.25, 0.3) is 0 Å². The fraction of sp³-hybridized carbons (Fsp3) is 0.533. The molecule has 2 aromatic heterocycles. The summed E-state index contributed by atoms with van der Waals surface area (Å²) in [6.45, 7) is 5.68. The average Bonchev–Trinajstić information content (AvgIpc) is 3.00. The van der Waals surface area contributed by atoms with Crippen molar-refractivity contribution in [2.24, 2.45) is 0 Å². The predicted molar refractivity (Wildman–Crippen MR) is 83.7 cm³/mol. The number of thiazole rings is 1. The summed E-state index contributed by atoms with van der Waals surface area (Å²) < 4.78 is 1.85. The third kappa shape index (κ3) is 3.00. The van der Waals surface area contributed by atoms with Gasteiger partial charge < -0.3 is 4.90 Å². The molecule has 2 aromatic rings. The number of aryl methyl sites for hydroxylation is 3. The Kier molecular flexibility index (Phi) is 4.05. The highest BCUT2D eigenvalue weighted by Gasteiger charge is 2.24. The van der Waals surface area contributed by atoms with E-state index < -0.39 is 0 Å². The summed E-state index contributed by atoms with van der Waals surface area (Å²) in [6, 6.07) is 0. The summed E-state index contributed by atoms with van der Waals surface area (Å²) in [6.07, 6.45) is 7.29. The van der Waals surface area contributed by atoms with Crippen LogP contribution in [0.15, 0.2) is 12.4 Å². The number of rotatable bonds is 3. The molecular weight excluding hydrogens is 284 g/mol. The number of carbonyl (C=O) groups is 1. The lowest BCUT2D eigenvalue weighted by molar-refractivity contribution is -0.118. The number of hydrogen-bond donors (Lipinski definition) is 0. The quantitative estimate of drug-likeness (QED) is 0.876. The molecule has 0 unspecified atom stereocenters. The number of fused-ring (bicyclic) bond motifs is 1. The van der Waals surface area contributed by atoms with Crippen molar-refractivity contribution in [2.75, 3.05) is 11.4 Å². The molecule has 0 spiro atoms. The highest BCUT2D eigenvalue weighted by Crippen LogP contribution is 2.32. The third-order valence-electron chi connectivity index (χ3n) is 3.74. The van der Waals surface area contributed by atoms with Gasteiger partial charge in [-0.1, -0.05) is 0 Å². The Balaban J connectivity index is 1.80. The summed E-state index contributed by atoms with van der Waals surface area (Å²) in [5.74, 6) is 0.150. The van der Waals surface area contributed by atoms with Crippen molar-refractivity contribution in [2.45, 2.75) is 46.1 Å². The van der Waals surface area contributed by atoms with Gasteiger partial charge in [0.2, 0.25) is 5.91 Å². The lowest BCUT2D eigenvalue weighted by atomic mass is 10.2. The zero-order valence-corrected chi connectivity index (χ0v) is 13.3. The van der Waals surface area contributed by atoms with Crippen molar-refractivity contribution >= 4 is 22.2 Å². The van der Waals surface area contributed by atoms with Crippen LogP contribution in [0.2, 0.25) is 0 Å². The molecule has 0 aliphatic carbocycles. The first-order chi connectivity index (χ1) is 10.2. The van der Waals surface area contributed by atoms with Crippen LogP contribution in [0.4, 0.5) is 5.00 Å². The first-order valence-electron chi connectivity index (χ1n) is 7.45. The van der Waals surface area contributed by atoms with Crippen molar-refractivity contribution in [1.29, 1.82) is 0 Å². The van der Waals surface area contributed by atoms with Crippen LogP contribution in [-0.4, -0.2) is 27.2 Å². The molecule has 0 aromatic carbocycles. The molecular formula is C15H20N4OS. The molecule has 3 heterocycles. The number of nitrogens with zero attached hydrogens (tertiary/aromatic N) is 4. The number of amides is 1. The first-order valence-corrected chi connectivity index (χ1v) is 8.27. The minimum absolute atomic E-state index is 0.150. The summed E-state index contributed by atoms with van der Waals surface area (Å²) in [4.78, 5) is 19.2. The smallest absolute Gasteiger partial charge is 0.232 e. The van der Waals surface area contributed by atoms with Crippen molar-refractivity contribution < 1.29 is 4.79 Å². The Morgan fingerprint density at radius 1 is 1.43 bits per heavy atom. The molecule has 3 rings (SSSR count). The Morgan fingerprint density at radius 3 is 3.05 bits per heavy atom. The second kappa shape index (κ2) is 5.97. The lowest BCUT2D eigenvalue weighted by Crippen LogP contribution is -2.32. The zero-order chi connectivity index (χ0) is 14.8. The Labute approximate surface area is 128 Å². The fourth-order valence-electron chi connectivity index (χ4n) is 2.68. The van der Waals surface area contributed by atoms with Crippen molar-refractivity contribution in [1.82, 2.24) is 14.8 Å². The van der Waals surface area contributed by atoms with E-state index in [9.17, 15) is 4.79 Å². The summed E-state index contributed by atoms with van der Waals surface area (Å²) >= 11 is 1.63. The summed E-state index contributed by atoms with van der Waals surface area (Å²) in [5, 5.41) is 6.33. The molecule has 21 heavy (non-hydrogen) atoms. The van der Waals surface area contributed by atoms with E-state index in [0.29, 0.717) is 6.42 Å². The summed E-state index contributed by atoms with van der Waals surface area (Å²) in [7, 11) is 0. The lowest BCUT2D eigenvalue weighted by Gasteiger charge is -2.19. The molecule has 0 atom stereocenters. The van der Waals surface area contributed by atoms with Gasteiger partial charge in [0.25, 0.3) is 0 Å². The van der Waals surface area contributed by atoms with E-state index in [1.165, 1.54) is 0 Å². The van der Waals surface area contributed by atoms with Crippen LogP contribution < -0.4 is 4.90 Å². The van der Waals surface area contributed by atoms with E-state index >= 15 is 0 Å². The topological polar surface area (TPSA) is 51.0 Å². The molecule has 112 valence electrons. The minimum atomic E-state index is 0.150. The van der Waals surface area contributed by atoms with Crippen LogP contribution in [0.5, 0.6) is 0 Å². The van der Waals surface area contributed by atoms with Crippen LogP contribution in [0, 0.1) is 6.92 Å². The van der Waals surface area contributed by atoms with Crippen LogP contribution >= 0.6 is 11.3 Å². The number of carbonyl (C=O) groups excluding carboxylic acids is 1. The van der Waals surface area contributed by atoms with Crippen LogP contribution in [0.1, 0.15) is 36.0 Å². The molecule has 0 bridgehead atoms. The van der Waals surface area contributed by atoms with Gasteiger partial charge in [-0.25, -0.2) is 4.98 Å². The fourth-order valence-corrected chi connectivity index (χ4v) is 3.68. The van der Waals surface area contributed by atoms with Crippen molar-refractivity contribution in [3.63, 3.8) is 0 Å². The van der Waals surface area contributed by atoms with Gasteiger partial charge in [0.1, 0.15) is 5.00 Å². The largest absolute Gasteiger partial charge is 0.302 e. The Bertz CT molecular complexity index is 646. The highest BCUT2D eigenvalue weighted by molar-refractivity contribution is 7.16. The standard InChI is InChI=1S/C15H20N4OS/c1-3-18-10-12(9-16-18)8-14(20)19-7-5-4-6-13-15(19)21-11(2)17-13/h9-10H,3-8H2,1-2H3. The van der Waals surface area contributed by atoms with E-state index in [4.69, 9.17) is 0 Å². The SMILES string of the molecule is CCn1cc(CC(=O)N2CCCCc3nc(C)sc32)cn1. The second-order valence-electron chi connectivity index (χ2n) is 5.37. The molecule has 0 saturated carbocycles. The van der Waals surface area contributed by atoms with Crippen molar-refractivity contribution in [3.8, 4) is 0 Å². The normalized spacial score (nSPS) is 14.9. The minimum Gasteiger partial charge on any atom is -0.302 e. The van der Waals surface area contributed by atoms with Gasteiger partial charge in [0, 0.05) is 19.3 Å². The van der Waals surface area contributed by atoms with Gasteiger partial charge >= 0.3 is 0 Å². The van der Waals surface area contributed by atoms with Crippen molar-refractivity contribution in [3.05, 3.63) is 28.7 Å². The highest BCUT2D eigenvalue weighted by atomic mass is 32.1. The predicted octanol–water partition coefficient (Wildman–Crippen LogP) is 2.58. The molecule has 0 radical (unpaired) electrons. The van der Waals surface area contributed by atoms with Gasteiger partial charge in [0.15, 0.2) is 0 Å². The van der Waals surface area contributed by atoms with E-state index in [1.807, 2.05) is 29.6 Å². The molecule has 0 fully saturated rings. The maximum absolute atomic E-state index is 12.7. The average molecular weight is 304 g/mol. The van der Waals surface area contributed by atoms with E-state index in [1.54, 1.807) is 17.5 Å². The molecule has 1 amide bonds. The summed E-state index contributed by atoms with van der Waals surface area (Å²) in [5.41, 5.74) is 2.07. The molecule has 0 saturated heterocycles. The van der Waals surface area contributed by atoms with E-state index in [0.717, 1.165) is 53.6 Å². The maximum atomic E-state index is 12.7. The molecule has 1 aliphatic heterocycles. The van der Waals surface area contributed by atoms with Crippen LogP contribution in [0.3, 0.4) is 0 Å². The maximum Gasteiger partial charge on any atom is 0.232 e. The molecule has 1 aliphatic rings. The van der Waals surface area contributed by atoms with Gasteiger partial charge in [0.05, 0.1) is 23.3 Å². The molecule has 0 N–H and O–H groups in total. The number of aromatic nitrogens is 3. The monoisotopic (exact) mass is 304 g/mol. The van der Waals surface area contributed by atoms with Gasteiger partial charge in [-0.2, -0.15) is 5.10 Å². The number of hydrogen-bond acceptors (Lipinski definition) is 4. The van der Waals surface area contributed by atoms with Crippen LogP contribution in [-0.2, 0) is 24.2 Å². The first kappa shape index (κ1) is 14.3. The molecule has 6 heteroatoms.